The van der Waals surface area contributed by atoms with Gasteiger partial charge < -0.3 is 21.3 Å². The summed E-state index contributed by atoms with van der Waals surface area (Å²) in [6, 6.07) is 7.05. The second-order valence-corrected chi connectivity index (χ2v) is 4.81. The van der Waals surface area contributed by atoms with Crippen LogP contribution in [0.25, 0.3) is 0 Å². The first-order valence-corrected chi connectivity index (χ1v) is 6.94. The molecule has 0 saturated heterocycles. The van der Waals surface area contributed by atoms with Gasteiger partial charge in [-0.1, -0.05) is 18.2 Å². The van der Waals surface area contributed by atoms with Gasteiger partial charge in [-0.15, -0.1) is 0 Å². The van der Waals surface area contributed by atoms with Gasteiger partial charge in [-0.2, -0.15) is 0 Å². The Morgan fingerprint density at radius 1 is 1.29 bits per heavy atom. The number of hydrogen-bond donors (Lipinski definition) is 3. The smallest absolute Gasteiger partial charge is 0.308 e. The number of carbonyl (C=O) groups excluding carboxylic acids is 1. The lowest BCUT2D eigenvalue weighted by Gasteiger charge is -2.13. The number of ether oxygens (including phenoxy) is 1. The van der Waals surface area contributed by atoms with E-state index >= 15 is 0 Å². The van der Waals surface area contributed by atoms with Crippen molar-refractivity contribution in [2.24, 2.45) is 17.4 Å². The normalized spacial score (nSPS) is 12.0. The van der Waals surface area contributed by atoms with Crippen molar-refractivity contribution in [2.45, 2.75) is 19.3 Å². The van der Waals surface area contributed by atoms with E-state index in [-0.39, 0.29) is 6.61 Å². The van der Waals surface area contributed by atoms with Crippen LogP contribution in [0.5, 0.6) is 0 Å². The second kappa shape index (κ2) is 9.10. The Morgan fingerprint density at radius 2 is 2.00 bits per heavy atom. The lowest BCUT2D eigenvalue weighted by Crippen LogP contribution is -2.22. The summed E-state index contributed by atoms with van der Waals surface area (Å²) in [6.45, 7) is 0.959. The molecule has 1 amide bonds. The molecule has 116 valence electrons. The minimum atomic E-state index is -0.874. The third-order valence-corrected chi connectivity index (χ3v) is 3.22. The maximum Gasteiger partial charge on any atom is 0.308 e. The number of benzene rings is 1. The molecule has 1 aromatic rings. The predicted octanol–water partition coefficient (Wildman–Crippen LogP) is 0.784. The highest BCUT2D eigenvalue weighted by atomic mass is 16.5. The molecule has 0 aromatic heterocycles. The zero-order chi connectivity index (χ0) is 15.7. The minimum absolute atomic E-state index is 0.147. The highest BCUT2D eigenvalue weighted by Gasteiger charge is 2.17. The first-order chi connectivity index (χ1) is 10.1. The van der Waals surface area contributed by atoms with Crippen LogP contribution in [0.4, 0.5) is 0 Å². The zero-order valence-corrected chi connectivity index (χ0v) is 12.0. The molecule has 1 rings (SSSR count). The standard InChI is InChI=1S/C15H22N2O4/c16-8-3-5-12(15(19)20)10-21-9-7-11-4-1-2-6-13(11)14(17)18/h1-2,4,6,12H,3,5,7-10,16H2,(H2,17,18)(H,19,20). The van der Waals surface area contributed by atoms with Crippen LogP contribution in [0.1, 0.15) is 28.8 Å². The molecular weight excluding hydrogens is 272 g/mol. The Labute approximate surface area is 124 Å². The van der Waals surface area contributed by atoms with E-state index in [0.717, 1.165) is 5.56 Å². The Balaban J connectivity index is 2.43. The van der Waals surface area contributed by atoms with E-state index < -0.39 is 17.8 Å². The number of hydrogen-bond acceptors (Lipinski definition) is 4. The van der Waals surface area contributed by atoms with Gasteiger partial charge in [0.25, 0.3) is 0 Å². The van der Waals surface area contributed by atoms with Crippen molar-refractivity contribution in [1.29, 1.82) is 0 Å². The quantitative estimate of drug-likeness (QED) is 0.552. The highest BCUT2D eigenvalue weighted by Crippen LogP contribution is 2.11. The number of carboxylic acids is 1. The van der Waals surface area contributed by atoms with Crippen molar-refractivity contribution in [3.8, 4) is 0 Å². The van der Waals surface area contributed by atoms with E-state index in [4.69, 9.17) is 21.3 Å². The number of amides is 1. The van der Waals surface area contributed by atoms with Gasteiger partial charge in [0, 0.05) is 5.56 Å². The molecule has 0 aliphatic carbocycles. The molecule has 6 nitrogen and oxygen atoms in total. The Morgan fingerprint density at radius 3 is 2.62 bits per heavy atom. The zero-order valence-electron chi connectivity index (χ0n) is 12.0. The Bertz CT molecular complexity index is 476. The minimum Gasteiger partial charge on any atom is -0.481 e. The molecular formula is C15H22N2O4. The Kier molecular flexibility index (Phi) is 7.42. The van der Waals surface area contributed by atoms with E-state index in [1.165, 1.54) is 0 Å². The lowest BCUT2D eigenvalue weighted by molar-refractivity contribution is -0.144. The lowest BCUT2D eigenvalue weighted by atomic mass is 10.0. The first kappa shape index (κ1) is 17.1. The van der Waals surface area contributed by atoms with Crippen LogP contribution in [-0.2, 0) is 16.0 Å². The summed E-state index contributed by atoms with van der Waals surface area (Å²) in [4.78, 5) is 22.3. The van der Waals surface area contributed by atoms with Crippen LogP contribution in [-0.4, -0.2) is 36.7 Å². The van der Waals surface area contributed by atoms with E-state index in [9.17, 15) is 9.59 Å². The fourth-order valence-electron chi connectivity index (χ4n) is 2.03. The average molecular weight is 294 g/mol. The van der Waals surface area contributed by atoms with Crippen LogP contribution >= 0.6 is 0 Å². The van der Waals surface area contributed by atoms with Gasteiger partial charge in [-0.3, -0.25) is 9.59 Å². The monoisotopic (exact) mass is 294 g/mol. The molecule has 0 aliphatic rings. The summed E-state index contributed by atoms with van der Waals surface area (Å²) in [5, 5.41) is 9.05. The molecule has 1 atom stereocenters. The van der Waals surface area contributed by atoms with E-state index in [1.807, 2.05) is 12.1 Å². The average Bonchev–Trinajstić information content (AvgIpc) is 2.46. The molecule has 0 bridgehead atoms. The van der Waals surface area contributed by atoms with Gasteiger partial charge in [0.2, 0.25) is 5.91 Å². The molecule has 21 heavy (non-hydrogen) atoms. The van der Waals surface area contributed by atoms with E-state index in [2.05, 4.69) is 0 Å². The summed E-state index contributed by atoms with van der Waals surface area (Å²) in [5.41, 5.74) is 11.9. The van der Waals surface area contributed by atoms with Crippen molar-refractivity contribution in [3.05, 3.63) is 35.4 Å². The molecule has 0 radical (unpaired) electrons. The van der Waals surface area contributed by atoms with Crippen LogP contribution in [0.3, 0.4) is 0 Å². The van der Waals surface area contributed by atoms with E-state index in [1.54, 1.807) is 12.1 Å². The first-order valence-electron chi connectivity index (χ1n) is 6.94. The number of aliphatic carboxylic acids is 1. The van der Waals surface area contributed by atoms with Gasteiger partial charge in [0.1, 0.15) is 0 Å². The molecule has 6 heteroatoms. The van der Waals surface area contributed by atoms with Gasteiger partial charge >= 0.3 is 5.97 Å². The summed E-state index contributed by atoms with van der Waals surface area (Å²) < 4.78 is 5.42. The van der Waals surface area contributed by atoms with Crippen molar-refractivity contribution in [3.63, 3.8) is 0 Å². The highest BCUT2D eigenvalue weighted by molar-refractivity contribution is 5.94. The topological polar surface area (TPSA) is 116 Å². The van der Waals surface area contributed by atoms with Crippen molar-refractivity contribution in [2.75, 3.05) is 19.8 Å². The molecule has 5 N–H and O–H groups in total. The number of carbonyl (C=O) groups is 2. The Hall–Kier alpha value is -1.92. The van der Waals surface area contributed by atoms with Crippen LogP contribution in [0, 0.1) is 5.92 Å². The molecule has 0 spiro atoms. The van der Waals surface area contributed by atoms with Gasteiger partial charge in [0.15, 0.2) is 0 Å². The van der Waals surface area contributed by atoms with Crippen molar-refractivity contribution >= 4 is 11.9 Å². The summed E-state index contributed by atoms with van der Waals surface area (Å²) in [6.07, 6.45) is 1.68. The molecule has 1 unspecified atom stereocenters. The summed E-state index contributed by atoms with van der Waals surface area (Å²) in [7, 11) is 0. The molecule has 0 aliphatic heterocycles. The summed E-state index contributed by atoms with van der Waals surface area (Å²) in [5.74, 6) is -1.89. The largest absolute Gasteiger partial charge is 0.481 e. The number of nitrogens with two attached hydrogens (primary N) is 2. The van der Waals surface area contributed by atoms with Crippen LogP contribution in [0.2, 0.25) is 0 Å². The summed E-state index contributed by atoms with van der Waals surface area (Å²) >= 11 is 0. The number of primary amides is 1. The number of rotatable bonds is 10. The van der Waals surface area contributed by atoms with Crippen molar-refractivity contribution in [1.82, 2.24) is 0 Å². The third kappa shape index (κ3) is 5.93. The fraction of sp³-hybridized carbons (Fsp3) is 0.467. The fourth-order valence-corrected chi connectivity index (χ4v) is 2.03. The second-order valence-electron chi connectivity index (χ2n) is 4.81. The van der Waals surface area contributed by atoms with Crippen molar-refractivity contribution < 1.29 is 19.4 Å². The molecule has 0 heterocycles. The number of carboxylic acid groups (broad SMARTS) is 1. The third-order valence-electron chi connectivity index (χ3n) is 3.22. The maximum absolute atomic E-state index is 11.3. The van der Waals surface area contributed by atoms with E-state index in [0.29, 0.717) is 38.0 Å². The molecule has 0 fully saturated rings. The van der Waals surface area contributed by atoms with Gasteiger partial charge in [0.05, 0.1) is 19.1 Å². The predicted molar refractivity (Wildman–Crippen MR) is 78.9 cm³/mol. The maximum atomic E-state index is 11.3. The SMILES string of the molecule is NCCCC(COCCc1ccccc1C(N)=O)C(=O)O. The molecule has 0 saturated carbocycles. The van der Waals surface area contributed by atoms with Crippen LogP contribution in [0.15, 0.2) is 24.3 Å². The van der Waals surface area contributed by atoms with Gasteiger partial charge in [-0.05, 0) is 37.4 Å². The van der Waals surface area contributed by atoms with Crippen LogP contribution < -0.4 is 11.5 Å². The van der Waals surface area contributed by atoms with Gasteiger partial charge in [-0.25, -0.2) is 0 Å². The molecule has 1 aromatic carbocycles.